The number of nitrogens with two attached hydrogens (primary N) is 1. The topological polar surface area (TPSA) is 219 Å². The quantitative estimate of drug-likeness (QED) is 0.134. The zero-order valence-electron chi connectivity index (χ0n) is 22.7. The van der Waals surface area contributed by atoms with E-state index in [1.54, 1.807) is 17.2 Å². The summed E-state index contributed by atoms with van der Waals surface area (Å²) >= 11 is 9.08. The van der Waals surface area contributed by atoms with Crippen LogP contribution in [0, 0.1) is 0 Å². The van der Waals surface area contributed by atoms with Gasteiger partial charge in [-0.15, -0.1) is 0 Å². The fourth-order valence-corrected chi connectivity index (χ4v) is 6.71. The molecule has 3 aliphatic rings. The molecular formula is C21H33N5O12P2S2. The SMILES string of the molecule is COC1[C@@H](OP(=O)(S)OC[C@H]2O[C@@H](n3ccc(=O)[nH]c3=O)C(OC)[C@H]2O)[C@@H](COP(C)(O)=S)O[C@H]1N1C=CC(N)=NC1. The Morgan fingerprint density at radius 1 is 1.17 bits per heavy atom. The highest BCUT2D eigenvalue weighted by molar-refractivity contribution is 8.44. The van der Waals surface area contributed by atoms with Crippen LogP contribution in [-0.4, -0.2) is 114 Å². The Morgan fingerprint density at radius 3 is 2.43 bits per heavy atom. The van der Waals surface area contributed by atoms with E-state index in [2.05, 4.69) is 22.2 Å². The third-order valence-corrected chi connectivity index (χ3v) is 9.14. The Balaban J connectivity index is 1.47. The fraction of sp³-hybridized carbons (Fsp3) is 0.667. The number of aliphatic hydroxyl groups excluding tert-OH is 1. The number of hydrogen-bond donors (Lipinski definition) is 5. The van der Waals surface area contributed by atoms with Gasteiger partial charge in [0.05, 0.1) is 13.2 Å². The average molecular weight is 674 g/mol. The van der Waals surface area contributed by atoms with E-state index in [1.165, 1.54) is 27.1 Å². The molecule has 4 rings (SSSR count). The molecule has 236 valence electrons. The van der Waals surface area contributed by atoms with E-state index in [0.29, 0.717) is 5.84 Å². The summed E-state index contributed by atoms with van der Waals surface area (Å²) in [5.41, 5.74) is 4.33. The maximum Gasteiger partial charge on any atom is 0.386 e. The zero-order valence-corrected chi connectivity index (χ0v) is 26.2. The molecule has 0 saturated carbocycles. The van der Waals surface area contributed by atoms with Gasteiger partial charge in [0.2, 0.25) is 0 Å². The highest BCUT2D eigenvalue weighted by Crippen LogP contribution is 2.56. The summed E-state index contributed by atoms with van der Waals surface area (Å²) in [4.78, 5) is 41.7. The second-order valence-corrected chi connectivity index (χ2v) is 16.3. The van der Waals surface area contributed by atoms with Crippen molar-refractivity contribution in [2.24, 2.45) is 10.7 Å². The van der Waals surface area contributed by atoms with Crippen molar-refractivity contribution in [3.63, 3.8) is 0 Å². The van der Waals surface area contributed by atoms with Gasteiger partial charge in [-0.1, -0.05) is 12.2 Å². The first-order chi connectivity index (χ1) is 19.7. The van der Waals surface area contributed by atoms with Gasteiger partial charge in [0.25, 0.3) is 5.56 Å². The van der Waals surface area contributed by atoms with E-state index >= 15 is 0 Å². The van der Waals surface area contributed by atoms with Crippen molar-refractivity contribution in [1.82, 2.24) is 14.5 Å². The molecule has 2 fully saturated rings. The third kappa shape index (κ3) is 7.98. The minimum Gasteiger partial charge on any atom is -0.387 e. The lowest BCUT2D eigenvalue weighted by molar-refractivity contribution is -0.0851. The van der Waals surface area contributed by atoms with Crippen LogP contribution in [0.1, 0.15) is 6.23 Å². The van der Waals surface area contributed by atoms with Crippen LogP contribution in [0.5, 0.6) is 0 Å². The van der Waals surface area contributed by atoms with Crippen molar-refractivity contribution in [1.29, 1.82) is 0 Å². The molecule has 0 bridgehead atoms. The van der Waals surface area contributed by atoms with E-state index in [9.17, 15) is 24.2 Å². The number of rotatable bonds is 12. The smallest absolute Gasteiger partial charge is 0.386 e. The Hall–Kier alpha value is -1.44. The van der Waals surface area contributed by atoms with Crippen LogP contribution in [0.4, 0.5) is 0 Å². The van der Waals surface area contributed by atoms with Crippen LogP contribution < -0.4 is 17.0 Å². The fourth-order valence-electron chi connectivity index (χ4n) is 4.61. The Morgan fingerprint density at radius 2 is 1.83 bits per heavy atom. The Bertz CT molecular complexity index is 1390. The average Bonchev–Trinajstić information content (AvgIpc) is 3.42. The molecule has 4 unspecified atom stereocenters. The number of thiol groups is 1. The number of H-pyrrole nitrogens is 1. The lowest BCUT2D eigenvalue weighted by atomic mass is 10.1. The third-order valence-electron chi connectivity index (χ3n) is 6.58. The minimum absolute atomic E-state index is 0.144. The van der Waals surface area contributed by atoms with Crippen LogP contribution in [-0.2, 0) is 48.9 Å². The predicted octanol–water partition coefficient (Wildman–Crippen LogP) is -0.918. The summed E-state index contributed by atoms with van der Waals surface area (Å²) in [6.45, 7) is -6.51. The van der Waals surface area contributed by atoms with E-state index in [-0.39, 0.29) is 13.3 Å². The second kappa shape index (κ2) is 13.7. The first-order valence-electron chi connectivity index (χ1n) is 12.4. The molecule has 0 aromatic carbocycles. The summed E-state index contributed by atoms with van der Waals surface area (Å²) < 4.78 is 54.0. The monoisotopic (exact) mass is 673 g/mol. The van der Waals surface area contributed by atoms with Gasteiger partial charge in [-0.2, -0.15) is 0 Å². The van der Waals surface area contributed by atoms with Crippen LogP contribution >= 0.6 is 25.5 Å². The van der Waals surface area contributed by atoms with Crippen LogP contribution in [0.3, 0.4) is 0 Å². The summed E-state index contributed by atoms with van der Waals surface area (Å²) in [5.74, 6) is 0.325. The van der Waals surface area contributed by atoms with Crippen molar-refractivity contribution in [3.8, 4) is 0 Å². The standard InChI is InChI=1S/C21H33N5O12P2S2/c1-32-17-15(28)11(36-20(17)26-7-5-14(27)24-21(26)29)8-35-40(31,42)38-16-12(9-34-39(3,30)41)37-19(18(16)33-2)25-6-4-13(22)23-10-25/h4-7,11-12,15-20,28H,8-10H2,1-3H3,(H2,22,23)(H,30,41)(H,31,42)(H,24,27,29)/t11-,12-,15+,16+,17?,18?,19-,20-,39?,40?/m1/s1. The first-order valence-corrected chi connectivity index (χ1v) is 18.2. The van der Waals surface area contributed by atoms with Gasteiger partial charge in [-0.05, 0) is 17.9 Å². The Kier molecular flexibility index (Phi) is 10.9. The zero-order chi connectivity index (χ0) is 30.8. The van der Waals surface area contributed by atoms with Crippen LogP contribution in [0.25, 0.3) is 0 Å². The molecule has 0 aliphatic carbocycles. The van der Waals surface area contributed by atoms with Gasteiger partial charge in [0.15, 0.2) is 18.9 Å². The number of nitrogens with zero attached hydrogens (tertiary/aromatic N) is 3. The van der Waals surface area contributed by atoms with Gasteiger partial charge in [0, 0.05) is 39.3 Å². The maximum atomic E-state index is 13.4. The van der Waals surface area contributed by atoms with Gasteiger partial charge in [-0.25, -0.2) is 14.4 Å². The Labute approximate surface area is 250 Å². The number of aliphatic hydroxyl groups is 1. The number of hydrogen-bond acceptors (Lipinski definition) is 15. The van der Waals surface area contributed by atoms with Crippen LogP contribution in [0.15, 0.2) is 39.1 Å². The van der Waals surface area contributed by atoms with Crippen molar-refractivity contribution in [2.45, 2.75) is 49.1 Å². The van der Waals surface area contributed by atoms with Gasteiger partial charge < -0.3 is 44.1 Å². The molecule has 21 heteroatoms. The molecule has 1 aromatic heterocycles. The number of aromatic nitrogens is 2. The number of amidine groups is 1. The van der Waals surface area contributed by atoms with Crippen molar-refractivity contribution < 1.29 is 47.1 Å². The van der Waals surface area contributed by atoms with Crippen molar-refractivity contribution in [3.05, 3.63) is 45.4 Å². The molecule has 0 spiro atoms. The molecule has 42 heavy (non-hydrogen) atoms. The number of methoxy groups -OCH3 is 2. The number of ether oxygens (including phenoxy) is 4. The van der Waals surface area contributed by atoms with Gasteiger partial charge in [0.1, 0.15) is 49.1 Å². The number of aromatic amines is 1. The van der Waals surface area contributed by atoms with Crippen LogP contribution in [0.2, 0.25) is 0 Å². The predicted molar refractivity (Wildman–Crippen MR) is 155 cm³/mol. The molecule has 0 amide bonds. The van der Waals surface area contributed by atoms with Gasteiger partial charge in [-0.3, -0.25) is 23.4 Å². The van der Waals surface area contributed by atoms with E-state index < -0.39 is 80.2 Å². The minimum atomic E-state index is -4.22. The second-order valence-electron chi connectivity index (χ2n) is 9.53. The largest absolute Gasteiger partial charge is 0.387 e. The maximum absolute atomic E-state index is 13.4. The first kappa shape index (κ1) is 33.5. The van der Waals surface area contributed by atoms with Crippen molar-refractivity contribution >= 4 is 43.2 Å². The lowest BCUT2D eigenvalue weighted by Crippen LogP contribution is -2.44. The number of aliphatic imine (C=N–C) groups is 1. The lowest BCUT2D eigenvalue weighted by Gasteiger charge is -2.31. The molecule has 1 aromatic rings. The normalized spacial score (nSPS) is 34.2. The highest BCUT2D eigenvalue weighted by Gasteiger charge is 2.52. The summed E-state index contributed by atoms with van der Waals surface area (Å²) in [7, 11) is 2.71. The van der Waals surface area contributed by atoms with E-state index in [4.69, 9.17) is 50.1 Å². The van der Waals surface area contributed by atoms with E-state index in [0.717, 1.165) is 10.6 Å². The molecule has 17 nitrogen and oxygen atoms in total. The molecule has 10 atom stereocenters. The summed E-state index contributed by atoms with van der Waals surface area (Å²) in [6.07, 6.45) is -3.87. The molecular weight excluding hydrogens is 640 g/mol. The summed E-state index contributed by atoms with van der Waals surface area (Å²) in [6, 6.07) is 1.11. The highest BCUT2D eigenvalue weighted by atomic mass is 32.7. The molecule has 5 N–H and O–H groups in total. The molecule has 3 aliphatic heterocycles. The van der Waals surface area contributed by atoms with Gasteiger partial charge >= 0.3 is 12.5 Å². The molecule has 4 heterocycles. The summed E-state index contributed by atoms with van der Waals surface area (Å²) in [5, 5.41) is 10.8. The molecule has 0 radical (unpaired) electrons. The van der Waals surface area contributed by atoms with E-state index in [1.807, 2.05) is 0 Å². The molecule has 2 saturated heterocycles. The number of nitrogens with one attached hydrogen (secondary N) is 1. The van der Waals surface area contributed by atoms with Crippen molar-refractivity contribution in [2.75, 3.05) is 40.8 Å².